The summed E-state index contributed by atoms with van der Waals surface area (Å²) in [5, 5.41) is 22.8. The lowest BCUT2D eigenvalue weighted by Gasteiger charge is -2.10. The van der Waals surface area contributed by atoms with Crippen LogP contribution in [0.3, 0.4) is 0 Å². The summed E-state index contributed by atoms with van der Waals surface area (Å²) in [7, 11) is 0. The van der Waals surface area contributed by atoms with Gasteiger partial charge in [-0.1, -0.05) is 24.1 Å². The molecule has 14 heteroatoms. The van der Waals surface area contributed by atoms with Crippen molar-refractivity contribution in [2.45, 2.75) is 83.2 Å². The molecular weight excluding hydrogens is 576 g/mol. The standard InChI is InChI=1S/C30H46N4O10/c1-2-21-17-20(9-13-43-29(39)33-11-5-3-7-23(31)27(35)36)18-22(21)19-26-25(10-14-41-26)42-15-16-44-30(40)34-12-6-4-8-24(32)28(37)38/h10,14,18,23-24H,2-9,11-13,15-17,19,31-32H2,1H3,(H,33,39)(H,34,40)(H,35,36)(H,37,38)/t23-,24-/m0/s1. The smallest absolute Gasteiger partial charge is 0.407 e. The number of hydrogen-bond acceptors (Lipinski definition) is 10. The largest absolute Gasteiger partial charge is 0.486 e. The van der Waals surface area contributed by atoms with Gasteiger partial charge in [0.05, 0.1) is 12.9 Å². The van der Waals surface area contributed by atoms with Crippen molar-refractivity contribution in [3.63, 3.8) is 0 Å². The second-order valence-electron chi connectivity index (χ2n) is 10.5. The molecule has 0 fully saturated rings. The third-order valence-corrected chi connectivity index (χ3v) is 7.04. The molecule has 0 radical (unpaired) electrons. The van der Waals surface area contributed by atoms with E-state index in [-0.39, 0.29) is 19.8 Å². The Balaban J connectivity index is 1.65. The Hall–Kier alpha value is -4.04. The predicted molar refractivity (Wildman–Crippen MR) is 160 cm³/mol. The maximum absolute atomic E-state index is 12.0. The average Bonchev–Trinajstić information content (AvgIpc) is 3.60. The van der Waals surface area contributed by atoms with Crippen LogP contribution in [0.25, 0.3) is 0 Å². The number of amides is 2. The highest BCUT2D eigenvalue weighted by Gasteiger charge is 2.19. The van der Waals surface area contributed by atoms with Gasteiger partial charge in [0.2, 0.25) is 0 Å². The summed E-state index contributed by atoms with van der Waals surface area (Å²) < 4.78 is 21.9. The molecule has 1 aromatic heterocycles. The number of nitrogens with one attached hydrogen (secondary N) is 2. The Morgan fingerprint density at radius 3 is 2.07 bits per heavy atom. The van der Waals surface area contributed by atoms with E-state index in [0.29, 0.717) is 76.0 Å². The number of aliphatic carboxylic acids is 2. The van der Waals surface area contributed by atoms with Crippen molar-refractivity contribution in [1.82, 2.24) is 10.6 Å². The summed E-state index contributed by atoms with van der Waals surface area (Å²) >= 11 is 0. The third kappa shape index (κ3) is 14.0. The van der Waals surface area contributed by atoms with Gasteiger partial charge in [-0.2, -0.15) is 0 Å². The van der Waals surface area contributed by atoms with Gasteiger partial charge in [-0.3, -0.25) is 9.59 Å². The second-order valence-corrected chi connectivity index (χ2v) is 10.5. The van der Waals surface area contributed by atoms with Gasteiger partial charge in [-0.25, -0.2) is 9.59 Å². The number of alkyl carbamates (subject to hydrolysis) is 2. The molecule has 1 heterocycles. The molecular formula is C30H46N4O10. The van der Waals surface area contributed by atoms with Crippen LogP contribution in [0.15, 0.2) is 39.5 Å². The number of carboxylic acids is 2. The fraction of sp³-hybridized carbons (Fsp3) is 0.600. The summed E-state index contributed by atoms with van der Waals surface area (Å²) in [6.07, 6.45) is 8.45. The molecule has 2 amide bonds. The molecule has 2 atom stereocenters. The highest BCUT2D eigenvalue weighted by Crippen LogP contribution is 2.34. The molecule has 0 saturated carbocycles. The van der Waals surface area contributed by atoms with Crippen LogP contribution < -0.4 is 26.8 Å². The van der Waals surface area contributed by atoms with E-state index in [9.17, 15) is 19.2 Å². The van der Waals surface area contributed by atoms with E-state index in [1.807, 2.05) is 0 Å². The number of ether oxygens (including phenoxy) is 3. The van der Waals surface area contributed by atoms with Gasteiger partial charge in [0.1, 0.15) is 31.1 Å². The highest BCUT2D eigenvalue weighted by molar-refractivity contribution is 5.73. The van der Waals surface area contributed by atoms with Gasteiger partial charge < -0.3 is 50.9 Å². The SMILES string of the molecule is CCC1=C(Cc2occc2OCCOC(=O)NCCCC[C@H](N)C(=O)O)C=C(CCOC(=O)NCCCC[C@H](N)C(=O)O)C1. The van der Waals surface area contributed by atoms with Gasteiger partial charge in [0, 0.05) is 32.0 Å². The molecule has 246 valence electrons. The summed E-state index contributed by atoms with van der Waals surface area (Å²) in [5.41, 5.74) is 14.5. The lowest BCUT2D eigenvalue weighted by Crippen LogP contribution is -2.30. The fourth-order valence-corrected chi connectivity index (χ4v) is 4.50. The Morgan fingerprint density at radius 1 is 0.909 bits per heavy atom. The van der Waals surface area contributed by atoms with Gasteiger partial charge in [-0.05, 0) is 56.9 Å². The normalized spacial score (nSPS) is 14.0. The first-order valence-corrected chi connectivity index (χ1v) is 15.0. The second kappa shape index (κ2) is 20.0. The molecule has 0 bridgehead atoms. The number of carbonyl (C=O) groups excluding carboxylic acids is 2. The average molecular weight is 623 g/mol. The number of rotatable bonds is 22. The van der Waals surface area contributed by atoms with Crippen molar-refractivity contribution in [3.8, 4) is 5.75 Å². The monoisotopic (exact) mass is 622 g/mol. The van der Waals surface area contributed by atoms with Gasteiger partial charge in [0.15, 0.2) is 5.75 Å². The molecule has 1 aliphatic carbocycles. The zero-order chi connectivity index (χ0) is 32.3. The summed E-state index contributed by atoms with van der Waals surface area (Å²) in [4.78, 5) is 45.2. The molecule has 0 aliphatic heterocycles. The number of furan rings is 1. The first-order chi connectivity index (χ1) is 21.1. The highest BCUT2D eigenvalue weighted by atomic mass is 16.6. The molecule has 44 heavy (non-hydrogen) atoms. The molecule has 1 aromatic rings. The molecule has 1 aliphatic rings. The molecule has 0 aromatic carbocycles. The first-order valence-electron chi connectivity index (χ1n) is 15.0. The zero-order valence-corrected chi connectivity index (χ0v) is 25.3. The lowest BCUT2D eigenvalue weighted by molar-refractivity contribution is -0.139. The van der Waals surface area contributed by atoms with Crippen LogP contribution in [-0.2, 0) is 25.5 Å². The maximum atomic E-state index is 12.0. The minimum Gasteiger partial charge on any atom is -0.486 e. The van der Waals surface area contributed by atoms with Crippen LogP contribution in [0.1, 0.15) is 70.5 Å². The van der Waals surface area contributed by atoms with E-state index < -0.39 is 36.2 Å². The van der Waals surface area contributed by atoms with E-state index in [4.69, 9.17) is 40.3 Å². The quantitative estimate of drug-likeness (QED) is 0.102. The van der Waals surface area contributed by atoms with Crippen molar-refractivity contribution in [2.24, 2.45) is 11.5 Å². The number of allylic oxidation sites excluding steroid dienone is 3. The Labute approximate surface area is 257 Å². The third-order valence-electron chi connectivity index (χ3n) is 7.04. The summed E-state index contributed by atoms with van der Waals surface area (Å²) in [6.45, 7) is 3.26. The van der Waals surface area contributed by atoms with Gasteiger partial charge >= 0.3 is 24.1 Å². The van der Waals surface area contributed by atoms with Crippen LogP contribution >= 0.6 is 0 Å². The van der Waals surface area contributed by atoms with Crippen molar-refractivity contribution in [2.75, 3.05) is 32.9 Å². The van der Waals surface area contributed by atoms with E-state index in [2.05, 4.69) is 23.6 Å². The Morgan fingerprint density at radius 2 is 1.50 bits per heavy atom. The van der Waals surface area contributed by atoms with Crippen LogP contribution in [0.4, 0.5) is 9.59 Å². The summed E-state index contributed by atoms with van der Waals surface area (Å²) in [6, 6.07) is -0.0653. The van der Waals surface area contributed by atoms with Crippen molar-refractivity contribution < 1.29 is 48.0 Å². The maximum Gasteiger partial charge on any atom is 0.407 e. The zero-order valence-electron chi connectivity index (χ0n) is 25.3. The number of carboxylic acid groups (broad SMARTS) is 2. The minimum atomic E-state index is -1.04. The molecule has 0 unspecified atom stereocenters. The van der Waals surface area contributed by atoms with Gasteiger partial charge in [-0.15, -0.1) is 0 Å². The van der Waals surface area contributed by atoms with Crippen LogP contribution in [0.2, 0.25) is 0 Å². The molecule has 2 rings (SSSR count). The number of unbranched alkanes of at least 4 members (excludes halogenated alkanes) is 2. The van der Waals surface area contributed by atoms with Crippen LogP contribution in [0, 0.1) is 0 Å². The molecule has 14 nitrogen and oxygen atoms in total. The topological polar surface area (TPSA) is 226 Å². The molecule has 0 saturated heterocycles. The van der Waals surface area contributed by atoms with E-state index in [1.54, 1.807) is 12.3 Å². The number of hydrogen-bond donors (Lipinski definition) is 6. The molecule has 8 N–H and O–H groups in total. The number of nitrogens with two attached hydrogens (primary N) is 2. The van der Waals surface area contributed by atoms with Crippen molar-refractivity contribution in [1.29, 1.82) is 0 Å². The Bertz CT molecular complexity index is 1150. The predicted octanol–water partition coefficient (Wildman–Crippen LogP) is 3.24. The van der Waals surface area contributed by atoms with E-state index in [0.717, 1.165) is 24.0 Å². The summed E-state index contributed by atoms with van der Waals surface area (Å²) in [5.74, 6) is -0.842. The van der Waals surface area contributed by atoms with Crippen LogP contribution in [0.5, 0.6) is 5.75 Å². The number of carbonyl (C=O) groups is 4. The first kappa shape index (κ1) is 36.2. The van der Waals surface area contributed by atoms with Crippen molar-refractivity contribution >= 4 is 24.1 Å². The molecule has 0 spiro atoms. The van der Waals surface area contributed by atoms with Crippen LogP contribution in [-0.4, -0.2) is 79.3 Å². The minimum absolute atomic E-state index is 0.0414. The van der Waals surface area contributed by atoms with Gasteiger partial charge in [0.25, 0.3) is 0 Å². The fourth-order valence-electron chi connectivity index (χ4n) is 4.50. The van der Waals surface area contributed by atoms with E-state index >= 15 is 0 Å². The van der Waals surface area contributed by atoms with Crippen molar-refractivity contribution in [3.05, 3.63) is 40.9 Å². The Kier molecular flexibility index (Phi) is 16.4. The van der Waals surface area contributed by atoms with E-state index in [1.165, 1.54) is 5.57 Å². The lowest BCUT2D eigenvalue weighted by atomic mass is 10.0.